The molecule has 1 aromatic rings. The Labute approximate surface area is 178 Å². The molecule has 6 nitrogen and oxygen atoms in total. The van der Waals surface area contributed by atoms with Crippen LogP contribution >= 0.6 is 11.6 Å². The lowest BCUT2D eigenvalue weighted by molar-refractivity contribution is -0.147. The van der Waals surface area contributed by atoms with E-state index in [4.69, 9.17) is 16.3 Å². The van der Waals surface area contributed by atoms with E-state index in [1.807, 2.05) is 30.9 Å². The number of ether oxygens (including phenoxy) is 1. The second kappa shape index (κ2) is 9.31. The van der Waals surface area contributed by atoms with Crippen molar-refractivity contribution in [3.05, 3.63) is 34.9 Å². The largest absolute Gasteiger partial charge is 0.372 e. The van der Waals surface area contributed by atoms with Crippen LogP contribution in [0.3, 0.4) is 0 Å². The van der Waals surface area contributed by atoms with Crippen LogP contribution in [0, 0.1) is 11.8 Å². The highest BCUT2D eigenvalue weighted by Gasteiger charge is 2.42. The molecular formula is C22H33ClN4O2. The molecule has 2 N–H and O–H groups in total. The van der Waals surface area contributed by atoms with E-state index >= 15 is 0 Å². The van der Waals surface area contributed by atoms with Crippen molar-refractivity contribution in [1.29, 1.82) is 0 Å². The lowest BCUT2D eigenvalue weighted by atomic mass is 9.82. The number of nitrogens with one attached hydrogen (secondary N) is 2. The van der Waals surface area contributed by atoms with Crippen LogP contribution in [-0.2, 0) is 16.1 Å². The molecule has 4 atom stereocenters. The van der Waals surface area contributed by atoms with E-state index in [0.29, 0.717) is 25.6 Å². The van der Waals surface area contributed by atoms with Crippen LogP contribution in [0.2, 0.25) is 5.02 Å². The molecular weight excluding hydrogens is 388 g/mol. The second-order valence-corrected chi connectivity index (χ2v) is 9.34. The fourth-order valence-electron chi connectivity index (χ4n) is 5.16. The molecule has 29 heavy (non-hydrogen) atoms. The van der Waals surface area contributed by atoms with Crippen molar-refractivity contribution in [3.8, 4) is 0 Å². The van der Waals surface area contributed by atoms with E-state index in [2.05, 4.69) is 27.9 Å². The van der Waals surface area contributed by atoms with Gasteiger partial charge in [0.05, 0.1) is 18.1 Å². The number of halogens is 1. The highest BCUT2D eigenvalue weighted by molar-refractivity contribution is 6.30. The van der Waals surface area contributed by atoms with Gasteiger partial charge in [0.25, 0.3) is 0 Å². The molecule has 3 fully saturated rings. The molecule has 1 aromatic carbocycles. The zero-order chi connectivity index (χ0) is 20.4. The summed E-state index contributed by atoms with van der Waals surface area (Å²) in [6.45, 7) is 9.27. The topological polar surface area (TPSA) is 56.8 Å². The van der Waals surface area contributed by atoms with Gasteiger partial charge < -0.3 is 9.64 Å². The van der Waals surface area contributed by atoms with E-state index in [-0.39, 0.29) is 30.1 Å². The maximum atomic E-state index is 13.2. The summed E-state index contributed by atoms with van der Waals surface area (Å²) < 4.78 is 5.80. The zero-order valence-electron chi connectivity index (χ0n) is 17.4. The van der Waals surface area contributed by atoms with Crippen LogP contribution in [0.5, 0.6) is 0 Å². The minimum Gasteiger partial charge on any atom is -0.372 e. The average Bonchev–Trinajstić information content (AvgIpc) is 3.17. The number of hydrogen-bond acceptors (Lipinski definition) is 5. The van der Waals surface area contributed by atoms with Gasteiger partial charge in [-0.25, -0.2) is 0 Å². The first-order chi connectivity index (χ1) is 14.0. The molecule has 0 spiro atoms. The van der Waals surface area contributed by atoms with Gasteiger partial charge in [-0.3, -0.25) is 20.5 Å². The quantitative estimate of drug-likeness (QED) is 0.782. The highest BCUT2D eigenvalue weighted by Crippen LogP contribution is 2.29. The van der Waals surface area contributed by atoms with E-state index in [9.17, 15) is 4.79 Å². The van der Waals surface area contributed by atoms with Gasteiger partial charge in [0.15, 0.2) is 0 Å². The van der Waals surface area contributed by atoms with Gasteiger partial charge in [-0.1, -0.05) is 23.7 Å². The van der Waals surface area contributed by atoms with Gasteiger partial charge >= 0.3 is 0 Å². The summed E-state index contributed by atoms with van der Waals surface area (Å²) in [4.78, 5) is 17.8. The minimum absolute atomic E-state index is 0.0111. The molecule has 0 aliphatic carbocycles. The Kier molecular flexibility index (Phi) is 6.76. The summed E-state index contributed by atoms with van der Waals surface area (Å²) in [5.41, 5.74) is 7.95. The van der Waals surface area contributed by atoms with Crippen LogP contribution in [-0.4, -0.2) is 66.7 Å². The van der Waals surface area contributed by atoms with E-state index in [0.717, 1.165) is 37.5 Å². The predicted molar refractivity (Wildman–Crippen MR) is 114 cm³/mol. The van der Waals surface area contributed by atoms with Crippen LogP contribution in [0.1, 0.15) is 32.3 Å². The Morgan fingerprint density at radius 3 is 2.62 bits per heavy atom. The van der Waals surface area contributed by atoms with Crippen molar-refractivity contribution >= 4 is 17.5 Å². The third-order valence-corrected chi connectivity index (χ3v) is 6.74. The van der Waals surface area contributed by atoms with Crippen molar-refractivity contribution in [2.24, 2.45) is 11.8 Å². The Morgan fingerprint density at radius 2 is 1.93 bits per heavy atom. The number of benzene rings is 1. The summed E-state index contributed by atoms with van der Waals surface area (Å²) in [7, 11) is 0. The Morgan fingerprint density at radius 1 is 1.21 bits per heavy atom. The number of morpholine rings is 1. The van der Waals surface area contributed by atoms with Gasteiger partial charge in [-0.2, -0.15) is 0 Å². The third kappa shape index (κ3) is 5.12. The minimum atomic E-state index is 0.0111. The molecule has 4 unspecified atom stereocenters. The zero-order valence-corrected chi connectivity index (χ0v) is 18.2. The van der Waals surface area contributed by atoms with Gasteiger partial charge in [-0.05, 0) is 63.4 Å². The predicted octanol–water partition coefficient (Wildman–Crippen LogP) is 2.28. The lowest BCUT2D eigenvalue weighted by Crippen LogP contribution is -2.53. The fourth-order valence-corrected chi connectivity index (χ4v) is 5.37. The number of hydrogen-bond donors (Lipinski definition) is 2. The molecule has 0 radical (unpaired) electrons. The summed E-state index contributed by atoms with van der Waals surface area (Å²) >= 11 is 6.12. The Hall–Kier alpha value is -1.18. The molecule has 0 saturated carbocycles. The summed E-state index contributed by atoms with van der Waals surface area (Å²) in [6, 6.07) is 8.34. The van der Waals surface area contributed by atoms with Crippen molar-refractivity contribution in [3.63, 3.8) is 0 Å². The number of likely N-dealkylation sites (tertiary alicyclic amines) is 1. The molecule has 0 bridgehead atoms. The molecule has 1 amide bonds. The number of hydrazine groups is 1. The summed E-state index contributed by atoms with van der Waals surface area (Å²) in [6.07, 6.45) is 2.44. The maximum Gasteiger partial charge on any atom is 0.228 e. The van der Waals surface area contributed by atoms with Crippen LogP contribution in [0.4, 0.5) is 0 Å². The van der Waals surface area contributed by atoms with Gasteiger partial charge in [0, 0.05) is 37.2 Å². The first-order valence-electron chi connectivity index (χ1n) is 10.9. The molecule has 3 aliphatic heterocycles. The van der Waals surface area contributed by atoms with Gasteiger partial charge in [-0.15, -0.1) is 0 Å². The first kappa shape index (κ1) is 21.1. The summed E-state index contributed by atoms with van der Waals surface area (Å²) in [5, 5.41) is 0.798. The highest BCUT2D eigenvalue weighted by atomic mass is 35.5. The number of carbonyl (C=O) groups is 1. The Bertz CT molecular complexity index is 700. The monoisotopic (exact) mass is 420 g/mol. The molecule has 4 rings (SSSR count). The fraction of sp³-hybridized carbons (Fsp3) is 0.682. The maximum absolute atomic E-state index is 13.2. The number of amides is 1. The molecule has 3 heterocycles. The lowest BCUT2D eigenvalue weighted by Gasteiger charge is -2.39. The van der Waals surface area contributed by atoms with E-state index in [1.54, 1.807) is 0 Å². The van der Waals surface area contributed by atoms with Crippen molar-refractivity contribution in [1.82, 2.24) is 20.7 Å². The average molecular weight is 421 g/mol. The molecule has 3 aliphatic rings. The van der Waals surface area contributed by atoms with Gasteiger partial charge in [0.1, 0.15) is 0 Å². The van der Waals surface area contributed by atoms with Crippen molar-refractivity contribution < 1.29 is 9.53 Å². The third-order valence-electron chi connectivity index (χ3n) is 6.51. The molecule has 0 aromatic heterocycles. The van der Waals surface area contributed by atoms with Crippen LogP contribution in [0.15, 0.2) is 24.3 Å². The number of rotatable bonds is 4. The number of nitrogens with zero attached hydrogens (tertiary/aromatic N) is 2. The number of piperidine rings is 1. The normalized spacial score (nSPS) is 31.9. The molecule has 160 valence electrons. The smallest absolute Gasteiger partial charge is 0.228 e. The molecule has 7 heteroatoms. The standard InChI is InChI=1S/C22H33ClN4O2/c1-15-12-27(13-16(2)29-15)22(28)20-11-24-25-21(20)18-6-8-26(9-7-18)14-17-4-3-5-19(23)10-17/h3-5,10,15-16,18,20-21,24-25H,6-9,11-14H2,1-2H3. The van der Waals surface area contributed by atoms with E-state index < -0.39 is 0 Å². The Balaban J connectivity index is 1.32. The van der Waals surface area contributed by atoms with E-state index in [1.165, 1.54) is 5.56 Å². The molecule has 3 saturated heterocycles. The number of carbonyl (C=O) groups excluding carboxylic acids is 1. The SMILES string of the molecule is CC1CN(C(=O)C2CNNC2C2CCN(Cc3cccc(Cl)c3)CC2)CC(C)O1. The second-order valence-electron chi connectivity index (χ2n) is 8.90. The first-order valence-corrected chi connectivity index (χ1v) is 11.3. The van der Waals surface area contributed by atoms with Crippen molar-refractivity contribution in [2.75, 3.05) is 32.7 Å². The van der Waals surface area contributed by atoms with Gasteiger partial charge in [0.2, 0.25) is 5.91 Å². The van der Waals surface area contributed by atoms with Crippen LogP contribution in [0.25, 0.3) is 0 Å². The summed E-state index contributed by atoms with van der Waals surface area (Å²) in [5.74, 6) is 0.804. The van der Waals surface area contributed by atoms with Crippen LogP contribution < -0.4 is 10.9 Å². The van der Waals surface area contributed by atoms with Crippen molar-refractivity contribution in [2.45, 2.75) is 51.5 Å².